The fraction of sp³-hybridized carbons (Fsp3) is 0.400. The van der Waals surface area contributed by atoms with Gasteiger partial charge in [-0.1, -0.05) is 24.3 Å². The predicted octanol–water partition coefficient (Wildman–Crippen LogP) is 3.20. The van der Waals surface area contributed by atoms with Gasteiger partial charge in [0.2, 0.25) is 0 Å². The number of para-hydroxylation sites is 1. The average molecular weight is 263 g/mol. The Balaban J connectivity index is 0.00000120. The number of nitrogens with zero attached hydrogens (tertiary/aromatic N) is 1. The molecule has 0 saturated carbocycles. The molecule has 1 fully saturated rings. The summed E-state index contributed by atoms with van der Waals surface area (Å²) in [6.45, 7) is 2.33. The zero-order valence-electron chi connectivity index (χ0n) is 10.4. The summed E-state index contributed by atoms with van der Waals surface area (Å²) in [6, 6.07) is 12.7. The van der Waals surface area contributed by atoms with E-state index in [9.17, 15) is 0 Å². The van der Waals surface area contributed by atoms with Gasteiger partial charge in [0.1, 0.15) is 0 Å². The molecule has 96 valence electrons. The van der Waals surface area contributed by atoms with E-state index in [0.717, 1.165) is 30.9 Å². The number of pyridine rings is 1. The third-order valence-corrected chi connectivity index (χ3v) is 3.61. The van der Waals surface area contributed by atoms with E-state index >= 15 is 0 Å². The van der Waals surface area contributed by atoms with Crippen molar-refractivity contribution in [2.24, 2.45) is 5.92 Å². The highest BCUT2D eigenvalue weighted by Crippen LogP contribution is 2.19. The van der Waals surface area contributed by atoms with Gasteiger partial charge in [-0.25, -0.2) is 0 Å². The molecule has 2 nitrogen and oxygen atoms in total. The van der Waals surface area contributed by atoms with Gasteiger partial charge in [0.25, 0.3) is 0 Å². The van der Waals surface area contributed by atoms with Crippen molar-refractivity contribution < 1.29 is 0 Å². The second kappa shape index (κ2) is 6.17. The van der Waals surface area contributed by atoms with E-state index in [2.05, 4.69) is 41.7 Å². The van der Waals surface area contributed by atoms with Crippen molar-refractivity contribution in [1.82, 2.24) is 10.3 Å². The van der Waals surface area contributed by atoms with Crippen LogP contribution >= 0.6 is 12.4 Å². The van der Waals surface area contributed by atoms with Crippen molar-refractivity contribution in [3.63, 3.8) is 0 Å². The fourth-order valence-electron chi connectivity index (χ4n) is 2.60. The van der Waals surface area contributed by atoms with E-state index in [1.54, 1.807) is 0 Å². The molecule has 1 saturated heterocycles. The summed E-state index contributed by atoms with van der Waals surface area (Å²) in [5, 5.41) is 4.65. The summed E-state index contributed by atoms with van der Waals surface area (Å²) in [6.07, 6.45) is 3.70. The van der Waals surface area contributed by atoms with Crippen LogP contribution < -0.4 is 5.32 Å². The number of halogens is 1. The van der Waals surface area contributed by atoms with Gasteiger partial charge in [-0.2, -0.15) is 0 Å². The maximum atomic E-state index is 4.75. The monoisotopic (exact) mass is 262 g/mol. The van der Waals surface area contributed by atoms with Gasteiger partial charge >= 0.3 is 0 Å². The minimum Gasteiger partial charge on any atom is -0.317 e. The summed E-state index contributed by atoms with van der Waals surface area (Å²) in [4.78, 5) is 4.75. The van der Waals surface area contributed by atoms with E-state index in [0.29, 0.717) is 0 Å². The fourth-order valence-corrected chi connectivity index (χ4v) is 2.60. The van der Waals surface area contributed by atoms with Gasteiger partial charge in [-0.05, 0) is 50.4 Å². The molecule has 18 heavy (non-hydrogen) atoms. The van der Waals surface area contributed by atoms with Crippen molar-refractivity contribution in [3.05, 3.63) is 42.1 Å². The van der Waals surface area contributed by atoms with Crippen LogP contribution in [0.4, 0.5) is 0 Å². The molecule has 2 aromatic rings. The number of fused-ring (bicyclic) bond motifs is 1. The number of nitrogens with one attached hydrogen (secondary N) is 1. The number of rotatable bonds is 2. The molecule has 3 rings (SSSR count). The zero-order chi connectivity index (χ0) is 11.5. The lowest BCUT2D eigenvalue weighted by atomic mass is 9.93. The van der Waals surface area contributed by atoms with Crippen LogP contribution in [0, 0.1) is 5.92 Å². The van der Waals surface area contributed by atoms with Gasteiger partial charge in [-0.15, -0.1) is 12.4 Å². The van der Waals surface area contributed by atoms with Crippen LogP contribution in [0.2, 0.25) is 0 Å². The normalized spacial score (nSPS) is 16.4. The first-order valence-electron chi connectivity index (χ1n) is 6.47. The largest absolute Gasteiger partial charge is 0.317 e. The zero-order valence-corrected chi connectivity index (χ0v) is 11.2. The highest BCUT2D eigenvalue weighted by Gasteiger charge is 2.14. The van der Waals surface area contributed by atoms with Crippen molar-refractivity contribution in [3.8, 4) is 0 Å². The summed E-state index contributed by atoms with van der Waals surface area (Å²) in [5.41, 5.74) is 2.37. The first-order valence-corrected chi connectivity index (χ1v) is 6.47. The Morgan fingerprint density at radius 1 is 1.06 bits per heavy atom. The summed E-state index contributed by atoms with van der Waals surface area (Å²) < 4.78 is 0. The molecule has 0 radical (unpaired) electrons. The van der Waals surface area contributed by atoms with Gasteiger partial charge in [0.05, 0.1) is 5.52 Å². The number of hydrogen-bond acceptors (Lipinski definition) is 2. The maximum Gasteiger partial charge on any atom is 0.0705 e. The van der Waals surface area contributed by atoms with E-state index in [1.165, 1.54) is 23.9 Å². The lowest BCUT2D eigenvalue weighted by Gasteiger charge is -2.22. The molecule has 0 atom stereocenters. The van der Waals surface area contributed by atoms with Crippen molar-refractivity contribution in [2.45, 2.75) is 19.3 Å². The van der Waals surface area contributed by atoms with Gasteiger partial charge in [0.15, 0.2) is 0 Å². The summed E-state index contributed by atoms with van der Waals surface area (Å²) in [7, 11) is 0. The molecule has 0 bridgehead atoms. The topological polar surface area (TPSA) is 24.9 Å². The van der Waals surface area contributed by atoms with Crippen LogP contribution in [-0.2, 0) is 6.42 Å². The van der Waals surface area contributed by atoms with Gasteiger partial charge in [-0.3, -0.25) is 4.98 Å². The molecular weight excluding hydrogens is 244 g/mol. The van der Waals surface area contributed by atoms with Crippen LogP contribution in [0.15, 0.2) is 36.4 Å². The minimum atomic E-state index is 0. The summed E-state index contributed by atoms with van der Waals surface area (Å²) in [5.74, 6) is 0.810. The van der Waals surface area contributed by atoms with Crippen LogP contribution in [0.1, 0.15) is 18.5 Å². The van der Waals surface area contributed by atoms with Crippen molar-refractivity contribution >= 4 is 23.3 Å². The van der Waals surface area contributed by atoms with Crippen molar-refractivity contribution in [2.75, 3.05) is 13.1 Å². The van der Waals surface area contributed by atoms with Gasteiger partial charge in [0, 0.05) is 11.1 Å². The van der Waals surface area contributed by atoms with E-state index in [1.807, 2.05) is 0 Å². The molecule has 1 N–H and O–H groups in total. The molecule has 0 amide bonds. The van der Waals surface area contributed by atoms with Crippen LogP contribution in [0.5, 0.6) is 0 Å². The standard InChI is InChI=1S/C15H18N2.ClH/c1-2-4-15-13(3-1)5-6-14(17-15)11-12-7-9-16-10-8-12;/h1-6,12,16H,7-11H2;1H. The van der Waals surface area contributed by atoms with E-state index in [-0.39, 0.29) is 12.4 Å². The quantitative estimate of drug-likeness (QED) is 0.899. The molecule has 0 spiro atoms. The van der Waals surface area contributed by atoms with Crippen LogP contribution in [0.25, 0.3) is 10.9 Å². The lowest BCUT2D eigenvalue weighted by molar-refractivity contribution is 0.370. The average Bonchev–Trinajstić information content (AvgIpc) is 2.40. The molecule has 2 heterocycles. The third-order valence-electron chi connectivity index (χ3n) is 3.61. The van der Waals surface area contributed by atoms with E-state index < -0.39 is 0 Å². The molecular formula is C15H19ClN2. The second-order valence-corrected chi connectivity index (χ2v) is 4.89. The molecule has 1 aliphatic rings. The van der Waals surface area contributed by atoms with Crippen LogP contribution in [0.3, 0.4) is 0 Å². The number of benzene rings is 1. The maximum absolute atomic E-state index is 4.75. The number of piperidine rings is 1. The summed E-state index contributed by atoms with van der Waals surface area (Å²) >= 11 is 0. The lowest BCUT2D eigenvalue weighted by Crippen LogP contribution is -2.28. The first-order chi connectivity index (χ1) is 8.42. The second-order valence-electron chi connectivity index (χ2n) is 4.89. The molecule has 1 aromatic carbocycles. The SMILES string of the molecule is Cl.c1ccc2nc(CC3CCNCC3)ccc2c1. The van der Waals surface area contributed by atoms with E-state index in [4.69, 9.17) is 4.98 Å². The minimum absolute atomic E-state index is 0. The Kier molecular flexibility index (Phi) is 4.56. The molecule has 1 aliphatic heterocycles. The van der Waals surface area contributed by atoms with Crippen molar-refractivity contribution in [1.29, 1.82) is 0 Å². The highest BCUT2D eigenvalue weighted by molar-refractivity contribution is 5.85. The van der Waals surface area contributed by atoms with Gasteiger partial charge < -0.3 is 5.32 Å². The first kappa shape index (κ1) is 13.3. The Hall–Kier alpha value is -1.12. The Morgan fingerprint density at radius 2 is 1.83 bits per heavy atom. The Morgan fingerprint density at radius 3 is 2.67 bits per heavy atom. The Bertz CT molecular complexity index is 507. The molecule has 3 heteroatoms. The molecule has 1 aromatic heterocycles. The molecule has 0 aliphatic carbocycles. The smallest absolute Gasteiger partial charge is 0.0705 e. The highest BCUT2D eigenvalue weighted by atomic mass is 35.5. The number of aromatic nitrogens is 1. The van der Waals surface area contributed by atoms with Crippen LogP contribution in [-0.4, -0.2) is 18.1 Å². The Labute approximate surface area is 114 Å². The number of hydrogen-bond donors (Lipinski definition) is 1. The third kappa shape index (κ3) is 3.01. The predicted molar refractivity (Wildman–Crippen MR) is 78.3 cm³/mol. The molecule has 0 unspecified atom stereocenters.